The van der Waals surface area contributed by atoms with Crippen molar-refractivity contribution in [3.8, 4) is 11.5 Å². The van der Waals surface area contributed by atoms with Gasteiger partial charge in [0, 0.05) is 11.9 Å². The molecule has 2 aromatic heterocycles. The van der Waals surface area contributed by atoms with Crippen molar-refractivity contribution in [2.45, 2.75) is 56.4 Å². The minimum absolute atomic E-state index is 0.131. The van der Waals surface area contributed by atoms with E-state index in [0.29, 0.717) is 23.6 Å². The van der Waals surface area contributed by atoms with Crippen molar-refractivity contribution in [2.24, 2.45) is 16.8 Å². The first-order valence-electron chi connectivity index (χ1n) is 8.96. The van der Waals surface area contributed by atoms with Crippen LogP contribution in [-0.4, -0.2) is 26.8 Å². The van der Waals surface area contributed by atoms with Crippen LogP contribution in [0.5, 0.6) is 0 Å². The van der Waals surface area contributed by atoms with Gasteiger partial charge in [0.2, 0.25) is 17.9 Å². The Hall–Kier alpha value is -2.33. The summed E-state index contributed by atoms with van der Waals surface area (Å²) in [6.45, 7) is 1.95. The van der Waals surface area contributed by atoms with Gasteiger partial charge in [-0.1, -0.05) is 0 Å². The molecule has 0 aliphatic heterocycles. The topological polar surface area (TPSA) is 81.2 Å². The molecule has 2 unspecified atom stereocenters. The molecule has 4 aliphatic carbocycles. The lowest BCUT2D eigenvalue weighted by atomic mass is 9.47. The van der Waals surface area contributed by atoms with E-state index in [1.807, 2.05) is 25.1 Å². The van der Waals surface area contributed by atoms with Crippen molar-refractivity contribution >= 4 is 6.08 Å². The molecule has 0 N–H and O–H groups in total. The standard InChI is InChI=1S/C19H20N4O2/c1-12-2-3-15(9-20-12)16-22-23-17(25-16)18-5-13-4-14(6-18)8-19(7-13,10-18)21-11-24/h2-3,9,13-14H,4-8,10H2,1H3. The van der Waals surface area contributed by atoms with E-state index in [9.17, 15) is 4.79 Å². The van der Waals surface area contributed by atoms with Gasteiger partial charge in [0.25, 0.3) is 0 Å². The Morgan fingerprint density at radius 1 is 1.20 bits per heavy atom. The molecule has 0 radical (unpaired) electrons. The molecular weight excluding hydrogens is 316 g/mol. The van der Waals surface area contributed by atoms with Gasteiger partial charge in [-0.3, -0.25) is 4.98 Å². The largest absolute Gasteiger partial charge is 0.420 e. The Morgan fingerprint density at radius 3 is 2.68 bits per heavy atom. The highest BCUT2D eigenvalue weighted by molar-refractivity contribution is 5.50. The van der Waals surface area contributed by atoms with Gasteiger partial charge in [-0.25, -0.2) is 4.79 Å². The van der Waals surface area contributed by atoms with Gasteiger partial charge in [-0.2, -0.15) is 4.99 Å². The van der Waals surface area contributed by atoms with Crippen LogP contribution >= 0.6 is 0 Å². The van der Waals surface area contributed by atoms with Gasteiger partial charge in [-0.15, -0.1) is 10.2 Å². The molecule has 4 fully saturated rings. The minimum Gasteiger partial charge on any atom is -0.420 e. The zero-order valence-corrected chi connectivity index (χ0v) is 14.2. The Kier molecular flexibility index (Phi) is 3.04. The van der Waals surface area contributed by atoms with E-state index >= 15 is 0 Å². The summed E-state index contributed by atoms with van der Waals surface area (Å²) in [6.07, 6.45) is 9.80. The molecule has 4 aliphatic rings. The summed E-state index contributed by atoms with van der Waals surface area (Å²) in [7, 11) is 0. The molecule has 6 rings (SSSR count). The van der Waals surface area contributed by atoms with Crippen molar-refractivity contribution in [3.05, 3.63) is 29.9 Å². The van der Waals surface area contributed by atoms with Crippen molar-refractivity contribution in [1.82, 2.24) is 15.2 Å². The number of isocyanates is 1. The zero-order valence-electron chi connectivity index (χ0n) is 14.2. The highest BCUT2D eigenvalue weighted by Gasteiger charge is 2.60. The zero-order chi connectivity index (χ0) is 17.1. The SMILES string of the molecule is Cc1ccc(-c2nnc(C34CC5CC(CC(N=C=O)(C5)C3)C4)o2)cn1. The maximum Gasteiger partial charge on any atom is 0.249 e. The molecule has 0 aromatic carbocycles. The number of hydrogen-bond donors (Lipinski definition) is 0. The molecule has 4 bridgehead atoms. The molecular formula is C19H20N4O2. The maximum absolute atomic E-state index is 11.0. The number of aryl methyl sites for hydroxylation is 1. The summed E-state index contributed by atoms with van der Waals surface area (Å²) in [6, 6.07) is 3.90. The van der Waals surface area contributed by atoms with E-state index in [1.54, 1.807) is 6.20 Å². The van der Waals surface area contributed by atoms with Crippen LogP contribution in [0.4, 0.5) is 0 Å². The number of pyridine rings is 1. The van der Waals surface area contributed by atoms with Gasteiger partial charge < -0.3 is 4.42 Å². The first kappa shape index (κ1) is 15.0. The summed E-state index contributed by atoms with van der Waals surface area (Å²) in [5, 5.41) is 8.69. The fraction of sp³-hybridized carbons (Fsp3) is 0.579. The highest BCUT2D eigenvalue weighted by Crippen LogP contribution is 2.63. The lowest BCUT2D eigenvalue weighted by molar-refractivity contribution is -0.0327. The smallest absolute Gasteiger partial charge is 0.249 e. The molecule has 2 atom stereocenters. The lowest BCUT2D eigenvalue weighted by Crippen LogP contribution is -2.56. The first-order chi connectivity index (χ1) is 12.1. The number of aromatic nitrogens is 3. The second kappa shape index (κ2) is 5.09. The van der Waals surface area contributed by atoms with Gasteiger partial charge in [-0.05, 0) is 69.4 Å². The molecule has 6 heteroatoms. The number of rotatable bonds is 3. The normalized spacial score (nSPS) is 35.6. The highest BCUT2D eigenvalue weighted by atomic mass is 16.4. The van der Waals surface area contributed by atoms with Crippen LogP contribution in [0.15, 0.2) is 27.7 Å². The van der Waals surface area contributed by atoms with Crippen molar-refractivity contribution < 1.29 is 9.21 Å². The van der Waals surface area contributed by atoms with E-state index < -0.39 is 0 Å². The Bertz CT molecular complexity index is 852. The third-order valence-electron chi connectivity index (χ3n) is 6.35. The second-order valence-electron chi connectivity index (χ2n) is 8.27. The molecule has 128 valence electrons. The van der Waals surface area contributed by atoms with Crippen molar-refractivity contribution in [2.75, 3.05) is 0 Å². The number of nitrogens with zero attached hydrogens (tertiary/aromatic N) is 4. The fourth-order valence-electron chi connectivity index (χ4n) is 5.84. The predicted octanol–water partition coefficient (Wildman–Crippen LogP) is 3.37. The molecule has 25 heavy (non-hydrogen) atoms. The summed E-state index contributed by atoms with van der Waals surface area (Å²) in [5.41, 5.74) is 1.41. The van der Waals surface area contributed by atoms with E-state index in [-0.39, 0.29) is 11.0 Å². The van der Waals surface area contributed by atoms with E-state index in [1.165, 1.54) is 6.42 Å². The average Bonchev–Trinajstić information content (AvgIpc) is 3.05. The molecule has 0 saturated heterocycles. The number of hydrogen-bond acceptors (Lipinski definition) is 6. The minimum atomic E-state index is -0.258. The van der Waals surface area contributed by atoms with Crippen LogP contribution in [-0.2, 0) is 10.2 Å². The third kappa shape index (κ3) is 2.28. The molecule has 2 aromatic rings. The number of aliphatic imine (C=N–C) groups is 1. The van der Waals surface area contributed by atoms with Crippen LogP contribution < -0.4 is 0 Å². The van der Waals surface area contributed by atoms with Gasteiger partial charge in [0.15, 0.2) is 0 Å². The lowest BCUT2D eigenvalue weighted by Gasteiger charge is -2.58. The summed E-state index contributed by atoms with van der Waals surface area (Å²) < 4.78 is 6.12. The monoisotopic (exact) mass is 336 g/mol. The van der Waals surface area contributed by atoms with Crippen LogP contribution in [0, 0.1) is 18.8 Å². The third-order valence-corrected chi connectivity index (χ3v) is 6.35. The quantitative estimate of drug-likeness (QED) is 0.634. The van der Waals surface area contributed by atoms with Crippen molar-refractivity contribution in [3.63, 3.8) is 0 Å². The molecule has 4 saturated carbocycles. The Morgan fingerprint density at radius 2 is 2.00 bits per heavy atom. The molecule has 2 heterocycles. The Balaban J connectivity index is 1.53. The average molecular weight is 336 g/mol. The predicted molar refractivity (Wildman–Crippen MR) is 89.5 cm³/mol. The van der Waals surface area contributed by atoms with Crippen LogP contribution in [0.1, 0.15) is 50.1 Å². The molecule has 0 amide bonds. The van der Waals surface area contributed by atoms with Gasteiger partial charge in [0.05, 0.1) is 16.5 Å². The summed E-state index contributed by atoms with van der Waals surface area (Å²) >= 11 is 0. The van der Waals surface area contributed by atoms with E-state index in [0.717, 1.165) is 43.4 Å². The van der Waals surface area contributed by atoms with Crippen molar-refractivity contribution in [1.29, 1.82) is 0 Å². The first-order valence-corrected chi connectivity index (χ1v) is 8.96. The van der Waals surface area contributed by atoms with Crippen LogP contribution in [0.3, 0.4) is 0 Å². The van der Waals surface area contributed by atoms with Crippen LogP contribution in [0.25, 0.3) is 11.5 Å². The number of carbonyl (C=O) groups excluding carboxylic acids is 1. The van der Waals surface area contributed by atoms with Gasteiger partial charge >= 0.3 is 0 Å². The van der Waals surface area contributed by atoms with E-state index in [2.05, 4.69) is 20.2 Å². The Labute approximate surface area is 145 Å². The van der Waals surface area contributed by atoms with E-state index in [4.69, 9.17) is 4.42 Å². The molecule has 0 spiro atoms. The van der Waals surface area contributed by atoms with Gasteiger partial charge in [0.1, 0.15) is 0 Å². The summed E-state index contributed by atoms with van der Waals surface area (Å²) in [4.78, 5) is 19.6. The maximum atomic E-state index is 11.0. The fourth-order valence-corrected chi connectivity index (χ4v) is 5.84. The summed E-state index contributed by atoms with van der Waals surface area (Å²) in [5.74, 6) is 2.42. The van der Waals surface area contributed by atoms with Crippen LogP contribution in [0.2, 0.25) is 0 Å². The second-order valence-corrected chi connectivity index (χ2v) is 8.27. The molecule has 6 nitrogen and oxygen atoms in total.